The lowest BCUT2D eigenvalue weighted by Crippen LogP contribution is -2.29. The van der Waals surface area contributed by atoms with Crippen molar-refractivity contribution in [1.29, 1.82) is 0 Å². The lowest BCUT2D eigenvalue weighted by molar-refractivity contribution is 0.225. The predicted octanol–water partition coefficient (Wildman–Crippen LogP) is 3.24. The van der Waals surface area contributed by atoms with Crippen molar-refractivity contribution in [3.63, 3.8) is 0 Å². The van der Waals surface area contributed by atoms with Crippen LogP contribution in [0.5, 0.6) is 0 Å². The molecule has 0 saturated heterocycles. The molecule has 0 aliphatic carbocycles. The van der Waals surface area contributed by atoms with Crippen LogP contribution in [0.3, 0.4) is 0 Å². The lowest BCUT2D eigenvalue weighted by Gasteiger charge is -2.25. The molecule has 17 heavy (non-hydrogen) atoms. The van der Waals surface area contributed by atoms with E-state index in [2.05, 4.69) is 39.3 Å². The topological polar surface area (TPSA) is 42.4 Å². The van der Waals surface area contributed by atoms with Crippen LogP contribution in [0.1, 0.15) is 16.7 Å². The van der Waals surface area contributed by atoms with Crippen molar-refractivity contribution in [2.24, 2.45) is 5.73 Å². The molecule has 2 heterocycles. The maximum Gasteiger partial charge on any atom is 0.117 e. The van der Waals surface area contributed by atoms with Gasteiger partial charge in [-0.15, -0.1) is 11.3 Å². The zero-order valence-corrected chi connectivity index (χ0v) is 12.0. The Morgan fingerprint density at radius 3 is 2.88 bits per heavy atom. The van der Waals surface area contributed by atoms with E-state index in [1.165, 1.54) is 4.88 Å². The summed E-state index contributed by atoms with van der Waals surface area (Å²) in [4.78, 5) is 3.47. The fraction of sp³-hybridized carbons (Fsp3) is 0.333. The zero-order chi connectivity index (χ0) is 12.3. The highest BCUT2D eigenvalue weighted by Crippen LogP contribution is 2.32. The summed E-state index contributed by atoms with van der Waals surface area (Å²) in [6.07, 6.45) is 1.70. The Balaban J connectivity index is 2.11. The van der Waals surface area contributed by atoms with E-state index in [-0.39, 0.29) is 6.04 Å². The third-order valence-corrected chi connectivity index (χ3v) is 4.66. The van der Waals surface area contributed by atoms with Gasteiger partial charge in [-0.3, -0.25) is 4.90 Å². The molecule has 0 aliphatic heterocycles. The van der Waals surface area contributed by atoms with Crippen LogP contribution in [0, 0.1) is 0 Å². The Labute approximate surface area is 113 Å². The van der Waals surface area contributed by atoms with E-state index >= 15 is 0 Å². The van der Waals surface area contributed by atoms with Crippen LogP contribution in [0.4, 0.5) is 0 Å². The molecular weight excluding hydrogens is 300 g/mol. The van der Waals surface area contributed by atoms with Gasteiger partial charge in [0.15, 0.2) is 0 Å². The number of nitrogens with two attached hydrogens (primary N) is 1. The zero-order valence-electron chi connectivity index (χ0n) is 9.60. The van der Waals surface area contributed by atoms with Gasteiger partial charge in [-0.2, -0.15) is 0 Å². The first kappa shape index (κ1) is 12.8. The molecule has 0 aliphatic rings. The van der Waals surface area contributed by atoms with Crippen molar-refractivity contribution < 1.29 is 4.42 Å². The highest BCUT2D eigenvalue weighted by molar-refractivity contribution is 9.10. The molecule has 0 saturated carbocycles. The van der Waals surface area contributed by atoms with Gasteiger partial charge in [-0.05, 0) is 46.6 Å². The summed E-state index contributed by atoms with van der Waals surface area (Å²) in [5, 5.41) is 2.07. The van der Waals surface area contributed by atoms with Crippen LogP contribution in [-0.4, -0.2) is 18.5 Å². The minimum absolute atomic E-state index is 0.217. The Kier molecular flexibility index (Phi) is 4.39. The lowest BCUT2D eigenvalue weighted by atomic mass is 10.2. The largest absolute Gasteiger partial charge is 0.468 e. The maximum absolute atomic E-state index is 5.88. The van der Waals surface area contributed by atoms with E-state index in [0.29, 0.717) is 6.54 Å². The first-order valence-electron chi connectivity index (χ1n) is 5.38. The highest BCUT2D eigenvalue weighted by Gasteiger charge is 2.19. The number of thiophene rings is 1. The van der Waals surface area contributed by atoms with Gasteiger partial charge >= 0.3 is 0 Å². The quantitative estimate of drug-likeness (QED) is 0.921. The SMILES string of the molecule is CN(Cc1ccco1)C(CN)c1sccc1Br. The number of halogens is 1. The number of hydrogen-bond donors (Lipinski definition) is 1. The fourth-order valence-corrected chi connectivity index (χ4v) is 3.61. The molecule has 0 amide bonds. The van der Waals surface area contributed by atoms with Gasteiger partial charge in [0, 0.05) is 15.9 Å². The van der Waals surface area contributed by atoms with Crippen molar-refractivity contribution in [3.8, 4) is 0 Å². The van der Waals surface area contributed by atoms with Gasteiger partial charge in [0.1, 0.15) is 5.76 Å². The number of nitrogens with zero attached hydrogens (tertiary/aromatic N) is 1. The summed E-state index contributed by atoms with van der Waals surface area (Å²) in [6, 6.07) is 6.16. The van der Waals surface area contributed by atoms with Crippen LogP contribution in [0.15, 0.2) is 38.7 Å². The predicted molar refractivity (Wildman–Crippen MR) is 74.0 cm³/mol. The fourth-order valence-electron chi connectivity index (χ4n) is 1.79. The first-order chi connectivity index (χ1) is 8.22. The normalized spacial score (nSPS) is 13.2. The van der Waals surface area contributed by atoms with E-state index in [0.717, 1.165) is 16.8 Å². The van der Waals surface area contributed by atoms with Crippen molar-refractivity contribution in [3.05, 3.63) is 45.0 Å². The highest BCUT2D eigenvalue weighted by atomic mass is 79.9. The van der Waals surface area contributed by atoms with E-state index in [9.17, 15) is 0 Å². The molecule has 2 aromatic heterocycles. The van der Waals surface area contributed by atoms with Crippen molar-refractivity contribution in [2.75, 3.05) is 13.6 Å². The minimum atomic E-state index is 0.217. The third-order valence-electron chi connectivity index (χ3n) is 2.69. The average molecular weight is 315 g/mol. The Bertz CT molecular complexity index is 455. The maximum atomic E-state index is 5.88. The van der Waals surface area contributed by atoms with Crippen molar-refractivity contribution in [2.45, 2.75) is 12.6 Å². The second-order valence-electron chi connectivity index (χ2n) is 3.88. The summed E-state index contributed by atoms with van der Waals surface area (Å²) < 4.78 is 6.48. The molecule has 92 valence electrons. The minimum Gasteiger partial charge on any atom is -0.468 e. The van der Waals surface area contributed by atoms with Crippen LogP contribution in [0.25, 0.3) is 0 Å². The number of rotatable bonds is 5. The monoisotopic (exact) mass is 314 g/mol. The summed E-state index contributed by atoms with van der Waals surface area (Å²) in [5.41, 5.74) is 5.88. The van der Waals surface area contributed by atoms with Crippen LogP contribution in [0.2, 0.25) is 0 Å². The van der Waals surface area contributed by atoms with Gasteiger partial charge in [0.2, 0.25) is 0 Å². The molecule has 1 unspecified atom stereocenters. The molecule has 1 atom stereocenters. The molecule has 5 heteroatoms. The van der Waals surface area contributed by atoms with Crippen molar-refractivity contribution >= 4 is 27.3 Å². The summed E-state index contributed by atoms with van der Waals surface area (Å²) in [5.74, 6) is 0.957. The van der Waals surface area contributed by atoms with Gasteiger partial charge in [-0.25, -0.2) is 0 Å². The Morgan fingerprint density at radius 1 is 1.53 bits per heavy atom. The van der Waals surface area contributed by atoms with Crippen LogP contribution < -0.4 is 5.73 Å². The standard InChI is InChI=1S/C12H15BrN2OS/c1-15(8-9-3-2-5-16-9)11(7-14)12-10(13)4-6-17-12/h2-6,11H,7-8,14H2,1H3. The summed E-state index contributed by atoms with van der Waals surface area (Å²) in [6.45, 7) is 1.36. The molecule has 0 bridgehead atoms. The first-order valence-corrected chi connectivity index (χ1v) is 7.05. The van der Waals surface area contributed by atoms with E-state index in [1.807, 2.05) is 12.1 Å². The number of hydrogen-bond acceptors (Lipinski definition) is 4. The van der Waals surface area contributed by atoms with E-state index in [4.69, 9.17) is 10.2 Å². The summed E-state index contributed by atoms with van der Waals surface area (Å²) >= 11 is 5.28. The molecular formula is C12H15BrN2OS. The second kappa shape index (κ2) is 5.82. The molecule has 0 radical (unpaired) electrons. The number of furan rings is 1. The van der Waals surface area contributed by atoms with Gasteiger partial charge in [0.05, 0.1) is 18.8 Å². The number of likely N-dealkylation sites (N-methyl/N-ethyl adjacent to an activating group) is 1. The summed E-state index contributed by atoms with van der Waals surface area (Å²) in [7, 11) is 2.06. The molecule has 0 aromatic carbocycles. The van der Waals surface area contributed by atoms with Crippen molar-refractivity contribution in [1.82, 2.24) is 4.90 Å². The second-order valence-corrected chi connectivity index (χ2v) is 5.68. The Morgan fingerprint density at radius 2 is 2.35 bits per heavy atom. The van der Waals surface area contributed by atoms with E-state index < -0.39 is 0 Å². The van der Waals surface area contributed by atoms with Crippen LogP contribution >= 0.6 is 27.3 Å². The molecule has 0 spiro atoms. The average Bonchev–Trinajstić information content (AvgIpc) is 2.92. The molecule has 0 fully saturated rings. The van der Waals surface area contributed by atoms with Gasteiger partial charge in [0.25, 0.3) is 0 Å². The Hall–Kier alpha value is -0.620. The smallest absolute Gasteiger partial charge is 0.117 e. The molecule has 3 nitrogen and oxygen atoms in total. The van der Waals surface area contributed by atoms with Gasteiger partial charge in [-0.1, -0.05) is 0 Å². The van der Waals surface area contributed by atoms with Crippen LogP contribution in [-0.2, 0) is 6.54 Å². The van der Waals surface area contributed by atoms with Gasteiger partial charge < -0.3 is 10.2 Å². The molecule has 2 aromatic rings. The van der Waals surface area contributed by atoms with E-state index in [1.54, 1.807) is 17.6 Å². The molecule has 2 N–H and O–H groups in total. The molecule has 2 rings (SSSR count). The third kappa shape index (κ3) is 2.98.